The van der Waals surface area contributed by atoms with E-state index in [0.29, 0.717) is 5.92 Å². The van der Waals surface area contributed by atoms with Crippen molar-refractivity contribution in [2.45, 2.75) is 32.7 Å². The lowest BCUT2D eigenvalue weighted by Gasteiger charge is -2.25. The number of rotatable bonds is 2. The van der Waals surface area contributed by atoms with E-state index in [1.807, 2.05) is 0 Å². The normalized spacial score (nSPS) is 18.1. The molecule has 0 saturated carbocycles. The first-order valence-electron chi connectivity index (χ1n) is 11.6. The Morgan fingerprint density at radius 3 is 1.88 bits per heavy atom. The Kier molecular flexibility index (Phi) is 4.42. The van der Waals surface area contributed by atoms with Gasteiger partial charge in [0.1, 0.15) is 0 Å². The highest BCUT2D eigenvalue weighted by Crippen LogP contribution is 2.40. The monoisotopic (exact) mass is 414 g/mol. The third kappa shape index (κ3) is 2.97. The summed E-state index contributed by atoms with van der Waals surface area (Å²) >= 11 is 0. The molecule has 0 aromatic heterocycles. The molecule has 5 aromatic rings. The van der Waals surface area contributed by atoms with E-state index >= 15 is 0 Å². The minimum Gasteiger partial charge on any atom is -0.426 e. The van der Waals surface area contributed by atoms with Gasteiger partial charge < -0.3 is 4.65 Å². The molecule has 0 N–H and O–H groups in total. The summed E-state index contributed by atoms with van der Waals surface area (Å²) in [5.41, 5.74) is 3.82. The average molecular weight is 414 g/mol. The van der Waals surface area contributed by atoms with Crippen LogP contribution in [0.1, 0.15) is 20.8 Å². The van der Waals surface area contributed by atoms with Crippen molar-refractivity contribution in [1.29, 1.82) is 0 Å². The molecule has 1 heterocycles. The van der Waals surface area contributed by atoms with Gasteiger partial charge in [-0.05, 0) is 81.1 Å². The Morgan fingerprint density at radius 2 is 1.28 bits per heavy atom. The van der Waals surface area contributed by atoms with E-state index in [2.05, 4.69) is 112 Å². The van der Waals surface area contributed by atoms with Crippen LogP contribution in [0.3, 0.4) is 0 Å². The highest BCUT2D eigenvalue weighted by molar-refractivity contribution is 6.74. The van der Waals surface area contributed by atoms with Gasteiger partial charge in [0.05, 0.1) is 0 Å². The van der Waals surface area contributed by atoms with Crippen molar-refractivity contribution in [2.24, 2.45) is 5.92 Å². The molecule has 0 spiro atoms. The van der Waals surface area contributed by atoms with E-state index in [9.17, 15) is 0 Å². The zero-order valence-corrected chi connectivity index (χ0v) is 18.9. The van der Waals surface area contributed by atoms with Crippen molar-refractivity contribution in [3.05, 3.63) is 91.0 Å². The van der Waals surface area contributed by atoms with E-state index in [0.717, 1.165) is 6.32 Å². The van der Waals surface area contributed by atoms with E-state index in [1.165, 1.54) is 48.9 Å². The third-order valence-corrected chi connectivity index (χ3v) is 7.53. The van der Waals surface area contributed by atoms with Gasteiger partial charge in [0.15, 0.2) is 0 Å². The summed E-state index contributed by atoms with van der Waals surface area (Å²) in [6.45, 7) is 6.88. The molecule has 32 heavy (non-hydrogen) atoms. The second-order valence-electron chi connectivity index (χ2n) is 9.79. The van der Waals surface area contributed by atoms with Gasteiger partial charge in [0.25, 0.3) is 0 Å². The first kappa shape index (κ1) is 19.6. The summed E-state index contributed by atoms with van der Waals surface area (Å²) in [7, 11) is 0. The fourth-order valence-electron chi connectivity index (χ4n) is 5.48. The predicted molar refractivity (Wildman–Crippen MR) is 139 cm³/mol. The maximum Gasteiger partial charge on any atom is 0.328 e. The lowest BCUT2D eigenvalue weighted by molar-refractivity contribution is 0.0952. The Balaban J connectivity index is 1.69. The van der Waals surface area contributed by atoms with Gasteiger partial charge in [0, 0.05) is 5.60 Å². The zero-order chi connectivity index (χ0) is 21.9. The average Bonchev–Trinajstić information content (AvgIpc) is 3.08. The topological polar surface area (TPSA) is 9.23 Å². The molecule has 0 bridgehead atoms. The van der Waals surface area contributed by atoms with E-state index in [-0.39, 0.29) is 12.5 Å². The van der Waals surface area contributed by atoms with Crippen molar-refractivity contribution >= 4 is 44.7 Å². The Labute approximate surface area is 190 Å². The summed E-state index contributed by atoms with van der Waals surface area (Å²) < 4.78 is 6.67. The summed E-state index contributed by atoms with van der Waals surface area (Å²) in [5, 5.41) is 7.78. The Hall–Kier alpha value is -3.10. The van der Waals surface area contributed by atoms with Crippen molar-refractivity contribution in [2.75, 3.05) is 0 Å². The van der Waals surface area contributed by atoms with Crippen LogP contribution in [0.25, 0.3) is 43.4 Å². The maximum absolute atomic E-state index is 6.67. The van der Waals surface area contributed by atoms with Crippen LogP contribution in [0.4, 0.5) is 0 Å². The second-order valence-corrected chi connectivity index (χ2v) is 9.79. The molecule has 156 valence electrons. The molecule has 0 amide bonds. The number of fused-ring (bicyclic) bond motifs is 3. The summed E-state index contributed by atoms with van der Waals surface area (Å²) in [6.07, 6.45) is 1.05. The first-order chi connectivity index (χ1) is 15.5. The van der Waals surface area contributed by atoms with Gasteiger partial charge in [-0.1, -0.05) is 91.9 Å². The quantitative estimate of drug-likeness (QED) is 0.215. The van der Waals surface area contributed by atoms with Gasteiger partial charge in [-0.15, -0.1) is 0 Å². The fourth-order valence-corrected chi connectivity index (χ4v) is 5.48. The van der Waals surface area contributed by atoms with Crippen molar-refractivity contribution < 1.29 is 4.65 Å². The van der Waals surface area contributed by atoms with Crippen molar-refractivity contribution in [3.8, 4) is 11.1 Å². The largest absolute Gasteiger partial charge is 0.426 e. The molecule has 1 nitrogen and oxygen atoms in total. The molecule has 1 fully saturated rings. The minimum atomic E-state index is -0.107. The van der Waals surface area contributed by atoms with Gasteiger partial charge in [0.2, 0.25) is 0 Å². The van der Waals surface area contributed by atoms with Gasteiger partial charge >= 0.3 is 6.92 Å². The molecule has 1 unspecified atom stereocenters. The van der Waals surface area contributed by atoms with Crippen molar-refractivity contribution in [1.82, 2.24) is 0 Å². The van der Waals surface area contributed by atoms with Crippen LogP contribution in [0.15, 0.2) is 91.0 Å². The summed E-state index contributed by atoms with van der Waals surface area (Å²) in [5.74, 6) is 0.519. The van der Waals surface area contributed by atoms with E-state index in [1.54, 1.807) is 0 Å². The number of hydrogen-bond acceptors (Lipinski definition) is 1. The molecule has 5 aromatic carbocycles. The van der Waals surface area contributed by atoms with E-state index < -0.39 is 0 Å². The van der Waals surface area contributed by atoms with Crippen LogP contribution in [0, 0.1) is 5.92 Å². The molecule has 0 aliphatic carbocycles. The molecule has 1 atom stereocenters. The second kappa shape index (κ2) is 7.22. The van der Waals surface area contributed by atoms with Crippen LogP contribution in [0.2, 0.25) is 6.32 Å². The maximum atomic E-state index is 6.67. The van der Waals surface area contributed by atoms with Crippen LogP contribution in [-0.4, -0.2) is 12.5 Å². The van der Waals surface area contributed by atoms with Crippen LogP contribution >= 0.6 is 0 Å². The van der Waals surface area contributed by atoms with Crippen LogP contribution in [-0.2, 0) is 4.65 Å². The van der Waals surface area contributed by atoms with Crippen molar-refractivity contribution in [3.63, 3.8) is 0 Å². The fraction of sp³-hybridized carbons (Fsp3) is 0.200. The molecule has 2 heteroatoms. The highest BCUT2D eigenvalue weighted by Gasteiger charge is 2.43. The van der Waals surface area contributed by atoms with Crippen LogP contribution < -0.4 is 5.46 Å². The molecule has 1 saturated heterocycles. The SMILES string of the molecule is CC1CB(c2c3ccccc3c(-c3ccc4ccccc4c3)c3ccccc23)OC1(C)C. The summed E-state index contributed by atoms with van der Waals surface area (Å²) in [4.78, 5) is 0. The molecular formula is C30H27BO. The third-order valence-electron chi connectivity index (χ3n) is 7.53. The van der Waals surface area contributed by atoms with Gasteiger partial charge in [-0.3, -0.25) is 0 Å². The van der Waals surface area contributed by atoms with Gasteiger partial charge in [-0.25, -0.2) is 0 Å². The molecule has 1 aliphatic rings. The number of benzene rings is 5. The lowest BCUT2D eigenvalue weighted by Crippen LogP contribution is -2.34. The molecule has 6 rings (SSSR count). The molecule has 0 radical (unpaired) electrons. The Morgan fingerprint density at radius 1 is 0.719 bits per heavy atom. The minimum absolute atomic E-state index is 0.107. The first-order valence-corrected chi connectivity index (χ1v) is 11.6. The summed E-state index contributed by atoms with van der Waals surface area (Å²) in [6, 6.07) is 33.2. The predicted octanol–water partition coefficient (Wildman–Crippen LogP) is 7.46. The zero-order valence-electron chi connectivity index (χ0n) is 18.9. The molecule has 1 aliphatic heterocycles. The Bertz CT molecular complexity index is 1430. The van der Waals surface area contributed by atoms with Crippen LogP contribution in [0.5, 0.6) is 0 Å². The highest BCUT2D eigenvalue weighted by atomic mass is 16.5. The lowest BCUT2D eigenvalue weighted by atomic mass is 9.55. The molecular weight excluding hydrogens is 387 g/mol. The standard InChI is InChI=1S/C30H27BO/c1-20-19-31(32-30(20,2)3)29-26-14-8-6-12-24(26)28(25-13-7-9-15-27(25)29)23-17-16-21-10-4-5-11-22(21)18-23/h4-18,20H,19H2,1-3H3. The van der Waals surface area contributed by atoms with E-state index in [4.69, 9.17) is 4.65 Å². The number of hydrogen-bond donors (Lipinski definition) is 0. The smallest absolute Gasteiger partial charge is 0.328 e. The van der Waals surface area contributed by atoms with Gasteiger partial charge in [-0.2, -0.15) is 0 Å².